The first kappa shape index (κ1) is 16.3. The van der Waals surface area contributed by atoms with E-state index >= 15 is 0 Å². The van der Waals surface area contributed by atoms with Gasteiger partial charge >= 0.3 is 6.18 Å². The number of pyridine rings is 1. The molecule has 0 aromatic carbocycles. The maximum Gasteiger partial charge on any atom is 0.416 e. The van der Waals surface area contributed by atoms with Gasteiger partial charge in [-0.05, 0) is 12.1 Å². The summed E-state index contributed by atoms with van der Waals surface area (Å²) < 4.78 is 43.5. The highest BCUT2D eigenvalue weighted by Crippen LogP contribution is 2.33. The van der Waals surface area contributed by atoms with Gasteiger partial charge in [-0.15, -0.1) is 0 Å². The molecule has 4 nitrogen and oxygen atoms in total. The number of alkyl halides is 3. The summed E-state index contributed by atoms with van der Waals surface area (Å²) in [6.07, 6.45) is -3.62. The van der Waals surface area contributed by atoms with Crippen molar-refractivity contribution in [3.8, 4) is 0 Å². The number of hydrogen-bond acceptors (Lipinski definition) is 4. The van der Waals surface area contributed by atoms with Gasteiger partial charge in [-0.25, -0.2) is 4.98 Å². The van der Waals surface area contributed by atoms with Gasteiger partial charge in [-0.1, -0.05) is 11.6 Å². The average Bonchev–Trinajstić information content (AvgIpc) is 2.37. The second-order valence-electron chi connectivity index (χ2n) is 5.23. The number of hydrogen-bond donors (Lipinski definition) is 1. The molecule has 1 fully saturated rings. The van der Waals surface area contributed by atoms with Gasteiger partial charge in [-0.3, -0.25) is 0 Å². The molecule has 21 heavy (non-hydrogen) atoms. The summed E-state index contributed by atoms with van der Waals surface area (Å²) in [5, 5.41) is 10.2. The van der Waals surface area contributed by atoms with E-state index in [-0.39, 0.29) is 17.5 Å². The Bertz CT molecular complexity index is 505. The summed E-state index contributed by atoms with van der Waals surface area (Å²) >= 11 is 5.66. The van der Waals surface area contributed by atoms with E-state index < -0.39 is 17.3 Å². The molecule has 0 aliphatic carbocycles. The maximum absolute atomic E-state index is 12.8. The minimum Gasteiger partial charge on any atom is -0.388 e. The highest BCUT2D eigenvalue weighted by atomic mass is 35.5. The molecule has 8 heteroatoms. The molecule has 1 aromatic heterocycles. The molecule has 0 saturated carbocycles. The Morgan fingerprint density at radius 2 is 2.00 bits per heavy atom. The van der Waals surface area contributed by atoms with Crippen molar-refractivity contribution < 1.29 is 23.0 Å². The van der Waals surface area contributed by atoms with Gasteiger partial charge in [0.05, 0.1) is 11.2 Å². The summed E-state index contributed by atoms with van der Waals surface area (Å²) in [4.78, 5) is 5.37. The normalized spacial score (nSPS) is 18.6. The quantitative estimate of drug-likeness (QED) is 0.868. The Hall–Kier alpha value is -1.05. The van der Waals surface area contributed by atoms with Crippen LogP contribution in [0.5, 0.6) is 0 Å². The lowest BCUT2D eigenvalue weighted by molar-refractivity contribution is -0.137. The first-order chi connectivity index (χ1) is 9.70. The van der Waals surface area contributed by atoms with E-state index in [1.54, 1.807) is 7.05 Å². The van der Waals surface area contributed by atoms with Crippen LogP contribution in [-0.2, 0) is 10.9 Å². The number of rotatable bonds is 3. The van der Waals surface area contributed by atoms with Gasteiger partial charge in [-0.2, -0.15) is 13.2 Å². The lowest BCUT2D eigenvalue weighted by atomic mass is 9.94. The van der Waals surface area contributed by atoms with E-state index in [1.807, 2.05) is 0 Å². The van der Waals surface area contributed by atoms with Gasteiger partial charge in [0, 0.05) is 39.6 Å². The van der Waals surface area contributed by atoms with Crippen molar-refractivity contribution in [2.24, 2.45) is 0 Å². The van der Waals surface area contributed by atoms with Crippen molar-refractivity contribution in [3.63, 3.8) is 0 Å². The molecule has 0 radical (unpaired) electrons. The van der Waals surface area contributed by atoms with Crippen LogP contribution >= 0.6 is 11.6 Å². The van der Waals surface area contributed by atoms with Crippen LogP contribution in [-0.4, -0.2) is 42.5 Å². The first-order valence-electron chi connectivity index (χ1n) is 6.46. The van der Waals surface area contributed by atoms with Crippen molar-refractivity contribution in [1.82, 2.24) is 4.98 Å². The van der Waals surface area contributed by atoms with E-state index in [1.165, 1.54) is 4.90 Å². The highest BCUT2D eigenvalue weighted by Gasteiger charge is 2.34. The van der Waals surface area contributed by atoms with Crippen LogP contribution in [0.15, 0.2) is 12.1 Å². The van der Waals surface area contributed by atoms with Gasteiger partial charge in [0.2, 0.25) is 0 Å². The van der Waals surface area contributed by atoms with Crippen LogP contribution in [0, 0.1) is 0 Å². The summed E-state index contributed by atoms with van der Waals surface area (Å²) in [5.41, 5.74) is -1.85. The van der Waals surface area contributed by atoms with E-state index in [0.29, 0.717) is 26.1 Å². The number of likely N-dealkylation sites (N-methyl/N-ethyl adjacent to an activating group) is 1. The van der Waals surface area contributed by atoms with Crippen molar-refractivity contribution in [3.05, 3.63) is 22.8 Å². The van der Waals surface area contributed by atoms with E-state index in [9.17, 15) is 18.3 Å². The standard InChI is InChI=1S/C13H16ClF3N2O2/c1-19(8-12(20)2-4-21-5-3-12)11-7-9(13(15,16)17)6-10(14)18-11/h6-7,20H,2-5,8H2,1H3. The first-order valence-corrected chi connectivity index (χ1v) is 6.83. The second kappa shape index (κ2) is 5.98. The largest absolute Gasteiger partial charge is 0.416 e. The number of aliphatic hydroxyl groups is 1. The third-order valence-electron chi connectivity index (χ3n) is 3.45. The number of halogens is 4. The van der Waals surface area contributed by atoms with Gasteiger partial charge < -0.3 is 14.7 Å². The van der Waals surface area contributed by atoms with Crippen LogP contribution < -0.4 is 4.90 Å². The zero-order valence-corrected chi connectivity index (χ0v) is 12.2. The molecule has 0 spiro atoms. The van der Waals surface area contributed by atoms with Gasteiger partial charge in [0.25, 0.3) is 0 Å². The summed E-state index contributed by atoms with van der Waals surface area (Å²) in [7, 11) is 1.58. The van der Waals surface area contributed by atoms with Crippen LogP contribution in [0.1, 0.15) is 18.4 Å². The molecular weight excluding hydrogens is 309 g/mol. The monoisotopic (exact) mass is 324 g/mol. The highest BCUT2D eigenvalue weighted by molar-refractivity contribution is 6.29. The fourth-order valence-electron chi connectivity index (χ4n) is 2.27. The van der Waals surface area contributed by atoms with E-state index in [2.05, 4.69) is 4.98 Å². The Kier molecular flexibility index (Phi) is 4.65. The molecule has 0 amide bonds. The summed E-state index contributed by atoms with van der Waals surface area (Å²) in [5.74, 6) is 0.0785. The molecule has 1 aliphatic rings. The van der Waals surface area contributed by atoms with Crippen LogP contribution in [0.4, 0.5) is 19.0 Å². The summed E-state index contributed by atoms with van der Waals surface area (Å²) in [6.45, 7) is 1.03. The topological polar surface area (TPSA) is 45.6 Å². The minimum atomic E-state index is -4.49. The second-order valence-corrected chi connectivity index (χ2v) is 5.61. The van der Waals surface area contributed by atoms with Crippen molar-refractivity contribution >= 4 is 17.4 Å². The predicted molar refractivity (Wildman–Crippen MR) is 72.5 cm³/mol. The Morgan fingerprint density at radius 3 is 2.57 bits per heavy atom. The number of ether oxygens (including phenoxy) is 1. The molecule has 1 aromatic rings. The van der Waals surface area contributed by atoms with Crippen LogP contribution in [0.3, 0.4) is 0 Å². The number of aromatic nitrogens is 1. The Balaban J connectivity index is 2.19. The molecule has 0 bridgehead atoms. The minimum absolute atomic E-state index is 0.0785. The third-order valence-corrected chi connectivity index (χ3v) is 3.65. The van der Waals surface area contributed by atoms with Gasteiger partial charge in [0.1, 0.15) is 11.0 Å². The van der Waals surface area contributed by atoms with Crippen molar-refractivity contribution in [1.29, 1.82) is 0 Å². The maximum atomic E-state index is 12.8. The molecule has 2 rings (SSSR count). The lowest BCUT2D eigenvalue weighted by Crippen LogP contribution is -2.46. The van der Waals surface area contributed by atoms with E-state index in [0.717, 1.165) is 12.1 Å². The molecule has 118 valence electrons. The zero-order chi connectivity index (χ0) is 15.7. The van der Waals surface area contributed by atoms with Crippen LogP contribution in [0.25, 0.3) is 0 Å². The van der Waals surface area contributed by atoms with Crippen molar-refractivity contribution in [2.45, 2.75) is 24.6 Å². The molecule has 1 N–H and O–H groups in total. The van der Waals surface area contributed by atoms with Gasteiger partial charge in [0.15, 0.2) is 0 Å². The Morgan fingerprint density at radius 1 is 1.38 bits per heavy atom. The molecule has 1 saturated heterocycles. The number of nitrogens with zero attached hydrogens (tertiary/aromatic N) is 2. The Labute approximate surface area is 125 Å². The zero-order valence-electron chi connectivity index (χ0n) is 11.5. The van der Waals surface area contributed by atoms with E-state index in [4.69, 9.17) is 16.3 Å². The molecular formula is C13H16ClF3N2O2. The average molecular weight is 325 g/mol. The number of anilines is 1. The van der Waals surface area contributed by atoms with Crippen LogP contribution in [0.2, 0.25) is 5.15 Å². The molecule has 0 unspecified atom stereocenters. The predicted octanol–water partition coefficient (Wildman–Crippen LogP) is 2.73. The summed E-state index contributed by atoms with van der Waals surface area (Å²) in [6, 6.07) is 1.70. The smallest absolute Gasteiger partial charge is 0.388 e. The third kappa shape index (κ3) is 4.21. The van der Waals surface area contributed by atoms with Crippen molar-refractivity contribution in [2.75, 3.05) is 31.7 Å². The molecule has 0 atom stereocenters. The lowest BCUT2D eigenvalue weighted by Gasteiger charge is -2.35. The SMILES string of the molecule is CN(CC1(O)CCOCC1)c1cc(C(F)(F)F)cc(Cl)n1. The molecule has 2 heterocycles. The molecule has 1 aliphatic heterocycles. The fraction of sp³-hybridized carbons (Fsp3) is 0.615. The fourth-order valence-corrected chi connectivity index (χ4v) is 2.48.